The maximum atomic E-state index is 5.66. The van der Waals surface area contributed by atoms with Crippen LogP contribution in [0.4, 0.5) is 5.69 Å². The van der Waals surface area contributed by atoms with Crippen LogP contribution in [0.15, 0.2) is 24.3 Å². The van der Waals surface area contributed by atoms with E-state index in [1.807, 2.05) is 12.1 Å². The smallest absolute Gasteiger partial charge is 0.121 e. The topological polar surface area (TPSA) is 30.5 Å². The van der Waals surface area contributed by atoms with Crippen molar-refractivity contribution in [2.45, 2.75) is 39.2 Å². The number of ether oxygens (including phenoxy) is 2. The Hall–Kier alpha value is -1.22. The number of hydrogen-bond acceptors (Lipinski definition) is 3. The van der Waals surface area contributed by atoms with Crippen molar-refractivity contribution < 1.29 is 9.47 Å². The van der Waals surface area contributed by atoms with E-state index < -0.39 is 0 Å². The maximum absolute atomic E-state index is 5.66. The van der Waals surface area contributed by atoms with Crippen molar-refractivity contribution in [3.8, 4) is 5.75 Å². The fourth-order valence-corrected chi connectivity index (χ4v) is 2.92. The molecule has 0 heterocycles. The maximum Gasteiger partial charge on any atom is 0.121 e. The highest BCUT2D eigenvalue weighted by Crippen LogP contribution is 2.32. The van der Waals surface area contributed by atoms with Gasteiger partial charge in [-0.25, -0.2) is 0 Å². The summed E-state index contributed by atoms with van der Waals surface area (Å²) >= 11 is 0. The number of anilines is 1. The van der Waals surface area contributed by atoms with Gasteiger partial charge in [-0.15, -0.1) is 0 Å². The SMILES string of the molecule is COCCOc1cccc(NC2CCCC(C)C2C)c1. The number of rotatable bonds is 6. The highest BCUT2D eigenvalue weighted by Gasteiger charge is 2.26. The van der Waals surface area contributed by atoms with E-state index in [4.69, 9.17) is 9.47 Å². The molecule has 3 atom stereocenters. The summed E-state index contributed by atoms with van der Waals surface area (Å²) in [5.74, 6) is 2.44. The van der Waals surface area contributed by atoms with Gasteiger partial charge in [0.2, 0.25) is 0 Å². The van der Waals surface area contributed by atoms with Crippen LogP contribution >= 0.6 is 0 Å². The van der Waals surface area contributed by atoms with Gasteiger partial charge in [-0.2, -0.15) is 0 Å². The molecule has 3 nitrogen and oxygen atoms in total. The Balaban J connectivity index is 1.93. The average molecular weight is 277 g/mol. The third-order valence-electron chi connectivity index (χ3n) is 4.45. The largest absolute Gasteiger partial charge is 0.491 e. The molecule has 0 saturated heterocycles. The average Bonchev–Trinajstić information content (AvgIpc) is 2.45. The molecule has 0 radical (unpaired) electrons. The molecule has 20 heavy (non-hydrogen) atoms. The van der Waals surface area contributed by atoms with Gasteiger partial charge in [0, 0.05) is 24.9 Å². The summed E-state index contributed by atoms with van der Waals surface area (Å²) in [6.07, 6.45) is 3.95. The molecule has 1 N–H and O–H groups in total. The molecular weight excluding hydrogens is 250 g/mol. The number of nitrogens with one attached hydrogen (secondary N) is 1. The normalized spacial score (nSPS) is 26.2. The van der Waals surface area contributed by atoms with Gasteiger partial charge in [0.1, 0.15) is 12.4 Å². The van der Waals surface area contributed by atoms with Crippen LogP contribution < -0.4 is 10.1 Å². The van der Waals surface area contributed by atoms with Crippen LogP contribution in [0.25, 0.3) is 0 Å². The second-order valence-electron chi connectivity index (χ2n) is 5.89. The van der Waals surface area contributed by atoms with Crippen molar-refractivity contribution in [2.24, 2.45) is 11.8 Å². The first kappa shape index (κ1) is 15.2. The Bertz CT molecular complexity index is 408. The van der Waals surface area contributed by atoms with Gasteiger partial charge in [0.25, 0.3) is 0 Å². The van der Waals surface area contributed by atoms with Crippen LogP contribution in [0.2, 0.25) is 0 Å². The van der Waals surface area contributed by atoms with Crippen LogP contribution in [0.5, 0.6) is 5.75 Å². The van der Waals surface area contributed by atoms with E-state index >= 15 is 0 Å². The van der Waals surface area contributed by atoms with Gasteiger partial charge in [-0.1, -0.05) is 32.8 Å². The van der Waals surface area contributed by atoms with Crippen LogP contribution in [0.3, 0.4) is 0 Å². The highest BCUT2D eigenvalue weighted by molar-refractivity contribution is 5.49. The molecule has 3 unspecified atom stereocenters. The van der Waals surface area contributed by atoms with Crippen molar-refractivity contribution in [1.82, 2.24) is 0 Å². The summed E-state index contributed by atoms with van der Waals surface area (Å²) in [6, 6.07) is 8.82. The molecule has 0 amide bonds. The zero-order chi connectivity index (χ0) is 14.4. The van der Waals surface area contributed by atoms with Crippen molar-refractivity contribution in [3.63, 3.8) is 0 Å². The lowest BCUT2D eigenvalue weighted by atomic mass is 9.78. The van der Waals surface area contributed by atoms with Gasteiger partial charge >= 0.3 is 0 Å². The van der Waals surface area contributed by atoms with Gasteiger partial charge in [-0.05, 0) is 30.4 Å². The van der Waals surface area contributed by atoms with Gasteiger partial charge in [-0.3, -0.25) is 0 Å². The Kier molecular flexibility index (Phi) is 5.72. The second kappa shape index (κ2) is 7.53. The van der Waals surface area contributed by atoms with E-state index in [9.17, 15) is 0 Å². The summed E-state index contributed by atoms with van der Waals surface area (Å²) in [6.45, 7) is 5.94. The lowest BCUT2D eigenvalue weighted by molar-refractivity contribution is 0.146. The standard InChI is InChI=1S/C17H27NO2/c1-13-6-4-9-17(14(13)2)18-15-7-5-8-16(12-15)20-11-10-19-3/h5,7-8,12-14,17-18H,4,6,9-11H2,1-3H3. The van der Waals surface area contributed by atoms with Crippen molar-refractivity contribution >= 4 is 5.69 Å². The van der Waals surface area contributed by atoms with Crippen molar-refractivity contribution in [3.05, 3.63) is 24.3 Å². The van der Waals surface area contributed by atoms with Crippen LogP contribution in [-0.4, -0.2) is 26.4 Å². The Morgan fingerprint density at radius 2 is 2.05 bits per heavy atom. The molecule has 0 aliphatic heterocycles. The molecule has 1 fully saturated rings. The second-order valence-corrected chi connectivity index (χ2v) is 5.89. The zero-order valence-electron chi connectivity index (χ0n) is 12.9. The molecule has 1 aromatic carbocycles. The molecule has 1 aliphatic carbocycles. The van der Waals surface area contributed by atoms with Crippen LogP contribution in [-0.2, 0) is 4.74 Å². The van der Waals surface area contributed by atoms with Gasteiger partial charge < -0.3 is 14.8 Å². The van der Waals surface area contributed by atoms with E-state index in [2.05, 4.69) is 31.3 Å². The molecular formula is C17H27NO2. The quantitative estimate of drug-likeness (QED) is 0.799. The fourth-order valence-electron chi connectivity index (χ4n) is 2.92. The Labute approximate surface area is 122 Å². The summed E-state index contributed by atoms with van der Waals surface area (Å²) in [4.78, 5) is 0. The van der Waals surface area contributed by atoms with Crippen molar-refractivity contribution in [1.29, 1.82) is 0 Å². The minimum Gasteiger partial charge on any atom is -0.491 e. The first-order valence-electron chi connectivity index (χ1n) is 7.69. The molecule has 0 bridgehead atoms. The molecule has 3 heteroatoms. The third-order valence-corrected chi connectivity index (χ3v) is 4.45. The lowest BCUT2D eigenvalue weighted by Gasteiger charge is -2.35. The summed E-state index contributed by atoms with van der Waals surface area (Å²) < 4.78 is 10.7. The predicted octanol–water partition coefficient (Wildman–Crippen LogP) is 3.95. The summed E-state index contributed by atoms with van der Waals surface area (Å²) in [5, 5.41) is 3.68. The van der Waals surface area contributed by atoms with E-state index in [1.54, 1.807) is 7.11 Å². The molecule has 0 aromatic heterocycles. The number of hydrogen-bond donors (Lipinski definition) is 1. The predicted molar refractivity (Wildman–Crippen MR) is 83.4 cm³/mol. The van der Waals surface area contributed by atoms with Gasteiger partial charge in [0.05, 0.1) is 6.61 Å². The van der Waals surface area contributed by atoms with E-state index in [0.717, 1.165) is 23.3 Å². The summed E-state index contributed by atoms with van der Waals surface area (Å²) in [7, 11) is 1.69. The molecule has 1 aliphatic rings. The molecule has 112 valence electrons. The molecule has 1 aromatic rings. The van der Waals surface area contributed by atoms with E-state index in [-0.39, 0.29) is 0 Å². The minimum absolute atomic E-state index is 0.577. The third kappa shape index (κ3) is 4.14. The van der Waals surface area contributed by atoms with Crippen LogP contribution in [0, 0.1) is 11.8 Å². The van der Waals surface area contributed by atoms with Gasteiger partial charge in [0.15, 0.2) is 0 Å². The summed E-state index contributed by atoms with van der Waals surface area (Å²) in [5.41, 5.74) is 1.16. The zero-order valence-corrected chi connectivity index (χ0v) is 12.9. The minimum atomic E-state index is 0.577. The van der Waals surface area contributed by atoms with Crippen molar-refractivity contribution in [2.75, 3.05) is 25.6 Å². The fraction of sp³-hybridized carbons (Fsp3) is 0.647. The lowest BCUT2D eigenvalue weighted by Crippen LogP contribution is -2.34. The first-order chi connectivity index (χ1) is 9.70. The monoisotopic (exact) mass is 277 g/mol. The number of benzene rings is 1. The van der Waals surface area contributed by atoms with E-state index in [0.29, 0.717) is 19.3 Å². The first-order valence-corrected chi connectivity index (χ1v) is 7.69. The molecule has 2 rings (SSSR count). The molecule has 0 spiro atoms. The Morgan fingerprint density at radius 3 is 2.85 bits per heavy atom. The highest BCUT2D eigenvalue weighted by atomic mass is 16.5. The number of methoxy groups -OCH3 is 1. The molecule has 1 saturated carbocycles. The van der Waals surface area contributed by atoms with E-state index in [1.165, 1.54) is 19.3 Å². The Morgan fingerprint density at radius 1 is 1.20 bits per heavy atom. The van der Waals surface area contributed by atoms with Crippen LogP contribution in [0.1, 0.15) is 33.1 Å².